The number of hydrogen-bond donors (Lipinski definition) is 0. The zero-order chi connectivity index (χ0) is 30.9. The van der Waals surface area contributed by atoms with Crippen LogP contribution in [0.25, 0.3) is 76.9 Å². The zero-order valence-electron chi connectivity index (χ0n) is 25.3. The summed E-state index contributed by atoms with van der Waals surface area (Å²) in [6.07, 6.45) is 1.86. The van der Waals surface area contributed by atoms with Crippen molar-refractivity contribution in [1.82, 2.24) is 15.0 Å². The van der Waals surface area contributed by atoms with Gasteiger partial charge in [0, 0.05) is 44.4 Å². The molecular formula is C43H26N4. The molecule has 0 atom stereocenters. The molecule has 0 bridgehead atoms. The van der Waals surface area contributed by atoms with Crippen molar-refractivity contribution in [2.24, 2.45) is 0 Å². The van der Waals surface area contributed by atoms with Gasteiger partial charge in [0.05, 0.1) is 28.1 Å². The Labute approximate surface area is 271 Å². The Kier molecular flexibility index (Phi) is 5.54. The number of rotatable bonds is 3. The molecule has 0 radical (unpaired) electrons. The van der Waals surface area contributed by atoms with E-state index in [-0.39, 0.29) is 0 Å². The molecule has 2 aromatic heterocycles. The SMILES string of the molecule is c1ccc2c3c(ccc2c1)-c1cccc2cccc(c12)N3c1nc(-c2ccc(-c3cccc4cccnc34)cc2)c2ccccc2n1. The Hall–Kier alpha value is -6.39. The molecule has 218 valence electrons. The average Bonchev–Trinajstić information content (AvgIpc) is 3.14. The molecule has 4 nitrogen and oxygen atoms in total. The quantitative estimate of drug-likeness (QED) is 0.203. The fraction of sp³-hybridized carbons (Fsp3) is 0. The van der Waals surface area contributed by atoms with Gasteiger partial charge in [0.15, 0.2) is 0 Å². The molecule has 47 heavy (non-hydrogen) atoms. The first-order valence-corrected chi connectivity index (χ1v) is 15.9. The van der Waals surface area contributed by atoms with Crippen LogP contribution >= 0.6 is 0 Å². The monoisotopic (exact) mass is 598 g/mol. The van der Waals surface area contributed by atoms with Crippen LogP contribution in [-0.4, -0.2) is 15.0 Å². The van der Waals surface area contributed by atoms with Crippen LogP contribution < -0.4 is 4.90 Å². The summed E-state index contributed by atoms with van der Waals surface area (Å²) in [6, 6.07) is 53.6. The van der Waals surface area contributed by atoms with Crippen molar-refractivity contribution in [2.75, 3.05) is 4.90 Å². The minimum atomic E-state index is 0.653. The average molecular weight is 599 g/mol. The van der Waals surface area contributed by atoms with E-state index < -0.39 is 0 Å². The molecule has 4 heteroatoms. The zero-order valence-corrected chi connectivity index (χ0v) is 25.3. The largest absolute Gasteiger partial charge is 0.277 e. The molecule has 1 aliphatic heterocycles. The maximum Gasteiger partial charge on any atom is 0.235 e. The molecule has 0 saturated carbocycles. The topological polar surface area (TPSA) is 41.9 Å². The summed E-state index contributed by atoms with van der Waals surface area (Å²) in [5, 5.41) is 6.91. The Morgan fingerprint density at radius 2 is 1.15 bits per heavy atom. The molecule has 0 spiro atoms. The Bertz CT molecular complexity index is 2680. The van der Waals surface area contributed by atoms with E-state index in [1.165, 1.54) is 32.7 Å². The summed E-state index contributed by atoms with van der Waals surface area (Å²) in [5.74, 6) is 0.653. The first kappa shape index (κ1) is 25.9. The van der Waals surface area contributed by atoms with Gasteiger partial charge in [-0.2, -0.15) is 0 Å². The number of aromatic nitrogens is 3. The number of nitrogens with zero attached hydrogens (tertiary/aromatic N) is 4. The second-order valence-electron chi connectivity index (χ2n) is 12.0. The van der Waals surface area contributed by atoms with E-state index in [1.807, 2.05) is 12.3 Å². The second kappa shape index (κ2) is 10.1. The number of anilines is 3. The van der Waals surface area contributed by atoms with Crippen molar-refractivity contribution >= 4 is 60.7 Å². The summed E-state index contributed by atoms with van der Waals surface area (Å²) in [5.41, 5.74) is 10.7. The van der Waals surface area contributed by atoms with Gasteiger partial charge in [-0.25, -0.2) is 9.97 Å². The summed E-state index contributed by atoms with van der Waals surface area (Å²) in [7, 11) is 0. The Balaban J connectivity index is 1.21. The molecule has 10 rings (SSSR count). The van der Waals surface area contributed by atoms with E-state index in [2.05, 4.69) is 155 Å². The fourth-order valence-electron chi connectivity index (χ4n) is 7.30. The van der Waals surface area contributed by atoms with Gasteiger partial charge in [0.1, 0.15) is 0 Å². The molecule has 9 aromatic rings. The third kappa shape index (κ3) is 3.92. The maximum atomic E-state index is 5.42. The lowest BCUT2D eigenvalue weighted by atomic mass is 9.89. The van der Waals surface area contributed by atoms with E-state index in [9.17, 15) is 0 Å². The first-order chi connectivity index (χ1) is 23.3. The highest BCUT2D eigenvalue weighted by Crippen LogP contribution is 2.52. The number of benzene rings is 7. The predicted molar refractivity (Wildman–Crippen MR) is 194 cm³/mol. The Morgan fingerprint density at radius 3 is 2.04 bits per heavy atom. The normalized spacial score (nSPS) is 12.2. The highest BCUT2D eigenvalue weighted by Gasteiger charge is 2.30. The van der Waals surface area contributed by atoms with E-state index in [1.54, 1.807) is 0 Å². The van der Waals surface area contributed by atoms with Gasteiger partial charge in [0.25, 0.3) is 0 Å². The van der Waals surface area contributed by atoms with Crippen LogP contribution in [0.2, 0.25) is 0 Å². The third-order valence-corrected chi connectivity index (χ3v) is 9.43. The molecule has 1 aliphatic rings. The number of hydrogen-bond acceptors (Lipinski definition) is 4. The van der Waals surface area contributed by atoms with Gasteiger partial charge in [-0.3, -0.25) is 9.88 Å². The lowest BCUT2D eigenvalue weighted by Crippen LogP contribution is -2.18. The van der Waals surface area contributed by atoms with Crippen molar-refractivity contribution in [3.63, 3.8) is 0 Å². The smallest absolute Gasteiger partial charge is 0.235 e. The number of fused-ring (bicyclic) bond motifs is 6. The summed E-state index contributed by atoms with van der Waals surface area (Å²) in [6.45, 7) is 0. The van der Waals surface area contributed by atoms with E-state index in [0.717, 1.165) is 55.6 Å². The van der Waals surface area contributed by atoms with Gasteiger partial charge in [-0.15, -0.1) is 0 Å². The minimum Gasteiger partial charge on any atom is -0.277 e. The third-order valence-electron chi connectivity index (χ3n) is 9.43. The van der Waals surface area contributed by atoms with Crippen LogP contribution in [0.4, 0.5) is 17.3 Å². The van der Waals surface area contributed by atoms with E-state index in [0.29, 0.717) is 5.95 Å². The van der Waals surface area contributed by atoms with E-state index >= 15 is 0 Å². The fourth-order valence-corrected chi connectivity index (χ4v) is 7.30. The van der Waals surface area contributed by atoms with Crippen LogP contribution in [0, 0.1) is 0 Å². The van der Waals surface area contributed by atoms with Crippen LogP contribution in [0.3, 0.4) is 0 Å². The molecular weight excluding hydrogens is 573 g/mol. The molecule has 3 heterocycles. The summed E-state index contributed by atoms with van der Waals surface area (Å²) >= 11 is 0. The van der Waals surface area contributed by atoms with Crippen LogP contribution in [-0.2, 0) is 0 Å². The van der Waals surface area contributed by atoms with Crippen molar-refractivity contribution < 1.29 is 0 Å². The predicted octanol–water partition coefficient (Wildman–Crippen LogP) is 11.3. The van der Waals surface area contributed by atoms with Gasteiger partial charge >= 0.3 is 0 Å². The summed E-state index contributed by atoms with van der Waals surface area (Å²) < 4.78 is 0. The molecule has 0 amide bonds. The van der Waals surface area contributed by atoms with Crippen LogP contribution in [0.5, 0.6) is 0 Å². The highest BCUT2D eigenvalue weighted by molar-refractivity contribution is 6.18. The van der Waals surface area contributed by atoms with Gasteiger partial charge in [-0.1, -0.05) is 133 Å². The van der Waals surface area contributed by atoms with Gasteiger partial charge in [-0.05, 0) is 40.1 Å². The van der Waals surface area contributed by atoms with Crippen LogP contribution in [0.15, 0.2) is 158 Å². The van der Waals surface area contributed by atoms with Crippen molar-refractivity contribution in [3.8, 4) is 33.5 Å². The molecule has 0 fully saturated rings. The molecule has 7 aromatic carbocycles. The lowest BCUT2D eigenvalue weighted by molar-refractivity contribution is 1.12. The molecule has 0 unspecified atom stereocenters. The first-order valence-electron chi connectivity index (χ1n) is 15.9. The summed E-state index contributed by atoms with van der Waals surface area (Å²) in [4.78, 5) is 17.6. The second-order valence-corrected chi connectivity index (χ2v) is 12.0. The van der Waals surface area contributed by atoms with E-state index in [4.69, 9.17) is 9.97 Å². The number of para-hydroxylation sites is 2. The Morgan fingerprint density at radius 1 is 0.447 bits per heavy atom. The standard InChI is InChI=1S/C43H26N4/c1-2-14-33-27(9-1)24-25-35-34-17-5-10-29-11-7-19-38(39(29)34)47(42(33)35)43-45-37-18-4-3-15-36(37)41(46-43)31-22-20-28(21-23-31)32-16-6-12-30-13-8-26-44-40(30)32/h1-26H. The van der Waals surface area contributed by atoms with Crippen molar-refractivity contribution in [2.45, 2.75) is 0 Å². The molecule has 0 saturated heterocycles. The molecule has 0 aliphatic carbocycles. The van der Waals surface area contributed by atoms with Crippen LogP contribution in [0.1, 0.15) is 0 Å². The van der Waals surface area contributed by atoms with Crippen molar-refractivity contribution in [1.29, 1.82) is 0 Å². The minimum absolute atomic E-state index is 0.653. The maximum absolute atomic E-state index is 5.42. The van der Waals surface area contributed by atoms with Crippen molar-refractivity contribution in [3.05, 3.63) is 158 Å². The lowest BCUT2D eigenvalue weighted by Gasteiger charge is -2.33. The van der Waals surface area contributed by atoms with Gasteiger partial charge in [0.2, 0.25) is 5.95 Å². The number of pyridine rings is 1. The highest BCUT2D eigenvalue weighted by atomic mass is 15.3. The molecule has 0 N–H and O–H groups in total. The van der Waals surface area contributed by atoms with Gasteiger partial charge < -0.3 is 0 Å².